The number of ether oxygens (including phenoxy) is 1. The van der Waals surface area contributed by atoms with Crippen LogP contribution in [-0.4, -0.2) is 22.2 Å². The van der Waals surface area contributed by atoms with Crippen LogP contribution in [0.3, 0.4) is 0 Å². The highest BCUT2D eigenvalue weighted by Gasteiger charge is 2.10. The Balaban J connectivity index is 3.05. The fourth-order valence-corrected chi connectivity index (χ4v) is 2.02. The molecule has 0 unspecified atom stereocenters. The molecule has 92 valence electrons. The first-order chi connectivity index (χ1) is 8.08. The monoisotopic (exact) mass is 271 g/mol. The standard InChI is InChI=1S/C11H14ClNO3Si/c1-15-11-5-10(13-7-14)9(12)4-8(11)6-16-17(2)3/h4-5,17H,6H2,1-3H3. The Hall–Kier alpha value is -1.13. The molecule has 4 nitrogen and oxygen atoms in total. The largest absolute Gasteiger partial charge is 0.496 e. The fourth-order valence-electron chi connectivity index (χ4n) is 1.28. The molecule has 1 rings (SSSR count). The molecule has 1 aromatic rings. The normalized spacial score (nSPS) is 10.2. The number of rotatable bonds is 5. The number of hydrogen-bond donors (Lipinski definition) is 0. The summed E-state index contributed by atoms with van der Waals surface area (Å²) in [7, 11) is 0.452. The smallest absolute Gasteiger partial charge is 0.240 e. The summed E-state index contributed by atoms with van der Waals surface area (Å²) < 4.78 is 10.8. The van der Waals surface area contributed by atoms with Crippen LogP contribution in [0.25, 0.3) is 0 Å². The lowest BCUT2D eigenvalue weighted by atomic mass is 10.2. The average Bonchev–Trinajstić information content (AvgIpc) is 2.29. The molecule has 0 radical (unpaired) electrons. The van der Waals surface area contributed by atoms with Crippen molar-refractivity contribution in [2.45, 2.75) is 19.7 Å². The third-order valence-electron chi connectivity index (χ3n) is 2.09. The molecular formula is C11H14ClNO3Si. The van der Waals surface area contributed by atoms with Gasteiger partial charge in [0.15, 0.2) is 9.04 Å². The second-order valence-electron chi connectivity index (χ2n) is 3.68. The molecule has 0 heterocycles. The quantitative estimate of drug-likeness (QED) is 0.470. The molecule has 1 aromatic carbocycles. The molecule has 0 aromatic heterocycles. The summed E-state index contributed by atoms with van der Waals surface area (Å²) in [4.78, 5) is 13.7. The molecule has 0 amide bonds. The van der Waals surface area contributed by atoms with Crippen molar-refractivity contribution in [1.82, 2.24) is 0 Å². The van der Waals surface area contributed by atoms with Crippen LogP contribution in [0.5, 0.6) is 5.75 Å². The van der Waals surface area contributed by atoms with E-state index in [-0.39, 0.29) is 0 Å². The number of benzene rings is 1. The van der Waals surface area contributed by atoms with E-state index in [1.165, 1.54) is 6.08 Å². The Labute approximate surface area is 107 Å². The summed E-state index contributed by atoms with van der Waals surface area (Å²) in [6, 6.07) is 3.31. The Morgan fingerprint density at radius 2 is 2.18 bits per heavy atom. The molecule has 0 bridgehead atoms. The zero-order valence-corrected chi connectivity index (χ0v) is 11.9. The van der Waals surface area contributed by atoms with Gasteiger partial charge in [0.25, 0.3) is 0 Å². The summed E-state index contributed by atoms with van der Waals surface area (Å²) >= 11 is 5.98. The SMILES string of the molecule is COc1cc(N=C=O)c(Cl)cc1CO[SiH](C)C. The van der Waals surface area contributed by atoms with E-state index >= 15 is 0 Å². The van der Waals surface area contributed by atoms with Crippen molar-refractivity contribution >= 4 is 32.4 Å². The van der Waals surface area contributed by atoms with E-state index in [1.807, 2.05) is 0 Å². The van der Waals surface area contributed by atoms with Crippen LogP contribution >= 0.6 is 11.6 Å². The minimum absolute atomic E-state index is 0.351. The highest BCUT2D eigenvalue weighted by atomic mass is 35.5. The molecule has 0 N–H and O–H groups in total. The average molecular weight is 272 g/mol. The van der Waals surface area contributed by atoms with Crippen LogP contribution in [0.2, 0.25) is 18.1 Å². The van der Waals surface area contributed by atoms with Crippen LogP contribution < -0.4 is 4.74 Å². The molecule has 0 aliphatic heterocycles. The molecule has 0 atom stereocenters. The van der Waals surface area contributed by atoms with E-state index in [9.17, 15) is 4.79 Å². The molecule has 17 heavy (non-hydrogen) atoms. The van der Waals surface area contributed by atoms with Crippen molar-refractivity contribution in [3.63, 3.8) is 0 Å². The second kappa shape index (κ2) is 6.57. The van der Waals surface area contributed by atoms with E-state index in [0.29, 0.717) is 23.1 Å². The summed E-state index contributed by atoms with van der Waals surface area (Å²) in [6.45, 7) is 4.62. The Morgan fingerprint density at radius 1 is 1.47 bits per heavy atom. The van der Waals surface area contributed by atoms with E-state index in [4.69, 9.17) is 20.8 Å². The van der Waals surface area contributed by atoms with Gasteiger partial charge in [-0.15, -0.1) is 0 Å². The maximum atomic E-state index is 10.2. The molecule has 6 heteroatoms. The number of methoxy groups -OCH3 is 1. The first-order valence-corrected chi connectivity index (χ1v) is 8.30. The van der Waals surface area contributed by atoms with Gasteiger partial charge in [-0.25, -0.2) is 4.79 Å². The molecule has 0 spiro atoms. The van der Waals surface area contributed by atoms with Gasteiger partial charge in [-0.05, 0) is 19.2 Å². The molecule has 0 saturated heterocycles. The van der Waals surface area contributed by atoms with Crippen LogP contribution in [0.15, 0.2) is 17.1 Å². The van der Waals surface area contributed by atoms with Gasteiger partial charge in [0.1, 0.15) is 5.75 Å². The Kier molecular flexibility index (Phi) is 5.38. The number of aliphatic imine (C=N–C) groups is 1. The van der Waals surface area contributed by atoms with Crippen molar-refractivity contribution in [2.75, 3.05) is 7.11 Å². The van der Waals surface area contributed by atoms with Gasteiger partial charge in [0, 0.05) is 11.6 Å². The highest BCUT2D eigenvalue weighted by Crippen LogP contribution is 2.33. The van der Waals surface area contributed by atoms with Gasteiger partial charge in [0.05, 0.1) is 24.4 Å². The molecule has 0 fully saturated rings. The lowest BCUT2D eigenvalue weighted by Crippen LogP contribution is -2.07. The zero-order valence-electron chi connectivity index (χ0n) is 9.99. The second-order valence-corrected chi connectivity index (χ2v) is 6.52. The lowest BCUT2D eigenvalue weighted by Gasteiger charge is -2.12. The molecule has 0 aliphatic carbocycles. The number of carbonyl (C=O) groups excluding carboxylic acids is 1. The molecular weight excluding hydrogens is 258 g/mol. The predicted octanol–water partition coefficient (Wildman–Crippen LogP) is 2.82. The number of nitrogens with zero attached hydrogens (tertiary/aromatic N) is 1. The predicted molar refractivity (Wildman–Crippen MR) is 69.5 cm³/mol. The first kappa shape index (κ1) is 13.9. The Morgan fingerprint density at radius 3 is 2.71 bits per heavy atom. The van der Waals surface area contributed by atoms with Crippen molar-refractivity contribution < 1.29 is 14.0 Å². The zero-order chi connectivity index (χ0) is 12.8. The van der Waals surface area contributed by atoms with Crippen molar-refractivity contribution in [2.24, 2.45) is 4.99 Å². The van der Waals surface area contributed by atoms with Crippen LogP contribution in [0.1, 0.15) is 5.56 Å². The van der Waals surface area contributed by atoms with Crippen molar-refractivity contribution in [3.05, 3.63) is 22.7 Å². The highest BCUT2D eigenvalue weighted by molar-refractivity contribution is 6.48. The maximum absolute atomic E-state index is 10.2. The van der Waals surface area contributed by atoms with E-state index in [1.54, 1.807) is 19.2 Å². The van der Waals surface area contributed by atoms with E-state index in [0.717, 1.165) is 5.56 Å². The molecule has 0 aliphatic rings. The summed E-state index contributed by atoms with van der Waals surface area (Å²) in [5.74, 6) is 0.609. The van der Waals surface area contributed by atoms with E-state index in [2.05, 4.69) is 18.1 Å². The minimum atomic E-state index is -1.10. The van der Waals surface area contributed by atoms with Gasteiger partial charge in [0.2, 0.25) is 6.08 Å². The summed E-state index contributed by atoms with van der Waals surface area (Å²) in [5.41, 5.74) is 1.20. The van der Waals surface area contributed by atoms with Gasteiger partial charge in [-0.2, -0.15) is 4.99 Å². The number of halogens is 1. The maximum Gasteiger partial charge on any atom is 0.240 e. The Bertz CT molecular complexity index is 445. The van der Waals surface area contributed by atoms with Gasteiger partial charge in [-0.3, -0.25) is 0 Å². The summed E-state index contributed by atoms with van der Waals surface area (Å²) in [5, 5.41) is 0.387. The van der Waals surface area contributed by atoms with Gasteiger partial charge >= 0.3 is 0 Å². The van der Waals surface area contributed by atoms with Crippen molar-refractivity contribution in [3.8, 4) is 5.75 Å². The van der Waals surface area contributed by atoms with Crippen LogP contribution in [0, 0.1) is 0 Å². The van der Waals surface area contributed by atoms with E-state index < -0.39 is 9.04 Å². The molecule has 0 saturated carbocycles. The summed E-state index contributed by atoms with van der Waals surface area (Å²) in [6.07, 6.45) is 1.46. The third-order valence-corrected chi connectivity index (χ3v) is 3.22. The topological polar surface area (TPSA) is 47.9 Å². The van der Waals surface area contributed by atoms with Gasteiger partial charge < -0.3 is 9.16 Å². The first-order valence-electron chi connectivity index (χ1n) is 5.14. The van der Waals surface area contributed by atoms with Gasteiger partial charge in [-0.1, -0.05) is 11.6 Å². The van der Waals surface area contributed by atoms with Crippen molar-refractivity contribution in [1.29, 1.82) is 0 Å². The number of hydrogen-bond acceptors (Lipinski definition) is 4. The van der Waals surface area contributed by atoms with Crippen LogP contribution in [-0.2, 0) is 15.8 Å². The minimum Gasteiger partial charge on any atom is -0.496 e. The third kappa shape index (κ3) is 3.98. The van der Waals surface area contributed by atoms with Crippen LogP contribution in [0.4, 0.5) is 5.69 Å². The number of isocyanates is 1. The lowest BCUT2D eigenvalue weighted by molar-refractivity contribution is 0.304. The fraction of sp³-hybridized carbons (Fsp3) is 0.364.